The second-order valence-corrected chi connectivity index (χ2v) is 8.20. The predicted octanol–water partition coefficient (Wildman–Crippen LogP) is 5.33. The maximum Gasteiger partial charge on any atom is 0.306 e. The van der Waals surface area contributed by atoms with Crippen LogP contribution < -0.4 is 4.74 Å². The lowest BCUT2D eigenvalue weighted by molar-refractivity contribution is -0.155. The SMILES string of the molecule is CC(C)(C)OC(=O)CCCOc1ncc(C(C)(C)N=[N+]=[N-])c2cc(Cl)ncc12. The van der Waals surface area contributed by atoms with Gasteiger partial charge in [0, 0.05) is 23.7 Å². The zero-order chi connectivity index (χ0) is 20.9. The number of azide groups is 1. The van der Waals surface area contributed by atoms with Crippen LogP contribution in [0.3, 0.4) is 0 Å². The molecule has 28 heavy (non-hydrogen) atoms. The van der Waals surface area contributed by atoms with E-state index in [0.717, 1.165) is 5.39 Å². The molecule has 0 saturated heterocycles. The minimum Gasteiger partial charge on any atom is -0.477 e. The Kier molecular flexibility index (Phi) is 6.69. The van der Waals surface area contributed by atoms with Gasteiger partial charge in [-0.15, -0.1) is 0 Å². The van der Waals surface area contributed by atoms with Crippen molar-refractivity contribution in [2.24, 2.45) is 5.11 Å². The molecule has 0 aromatic carbocycles. The van der Waals surface area contributed by atoms with E-state index in [4.69, 9.17) is 26.6 Å². The van der Waals surface area contributed by atoms with Gasteiger partial charge in [0.05, 0.1) is 17.5 Å². The van der Waals surface area contributed by atoms with Crippen molar-refractivity contribution >= 4 is 28.3 Å². The first kappa shape index (κ1) is 21.7. The highest BCUT2D eigenvalue weighted by Gasteiger charge is 2.24. The van der Waals surface area contributed by atoms with Crippen molar-refractivity contribution in [3.05, 3.63) is 39.6 Å². The fraction of sp³-hybridized carbons (Fsp3) is 0.526. The molecule has 0 radical (unpaired) electrons. The molecule has 0 amide bonds. The van der Waals surface area contributed by atoms with Crippen LogP contribution in [0.4, 0.5) is 0 Å². The van der Waals surface area contributed by atoms with Gasteiger partial charge in [0.1, 0.15) is 10.8 Å². The molecular formula is C19H24ClN5O3. The number of carbonyl (C=O) groups excluding carboxylic acids is 1. The minimum atomic E-state index is -0.820. The molecule has 0 aliphatic rings. The lowest BCUT2D eigenvalue weighted by Crippen LogP contribution is -2.24. The zero-order valence-electron chi connectivity index (χ0n) is 16.7. The van der Waals surface area contributed by atoms with Crippen LogP contribution in [0, 0.1) is 0 Å². The largest absolute Gasteiger partial charge is 0.477 e. The monoisotopic (exact) mass is 405 g/mol. The van der Waals surface area contributed by atoms with Gasteiger partial charge in [-0.1, -0.05) is 30.6 Å². The molecule has 2 heterocycles. The van der Waals surface area contributed by atoms with Gasteiger partial charge in [-0.25, -0.2) is 9.97 Å². The summed E-state index contributed by atoms with van der Waals surface area (Å²) in [5, 5.41) is 5.56. The number of aromatic nitrogens is 2. The molecule has 0 bridgehead atoms. The van der Waals surface area contributed by atoms with E-state index in [-0.39, 0.29) is 12.4 Å². The Balaban J connectivity index is 2.19. The minimum absolute atomic E-state index is 0.251. The van der Waals surface area contributed by atoms with Crippen LogP contribution in [0.25, 0.3) is 21.2 Å². The molecule has 8 nitrogen and oxygen atoms in total. The summed E-state index contributed by atoms with van der Waals surface area (Å²) in [6.45, 7) is 9.36. The Hall–Kier alpha value is -2.57. The van der Waals surface area contributed by atoms with Crippen LogP contribution in [0.15, 0.2) is 23.6 Å². The van der Waals surface area contributed by atoms with Crippen LogP contribution in [0.1, 0.15) is 53.0 Å². The molecule has 2 rings (SSSR count). The third-order valence-corrected chi connectivity index (χ3v) is 4.05. The number of hydrogen-bond acceptors (Lipinski definition) is 6. The summed E-state index contributed by atoms with van der Waals surface area (Å²) in [5.74, 6) is 0.109. The summed E-state index contributed by atoms with van der Waals surface area (Å²) >= 11 is 6.06. The number of hydrogen-bond donors (Lipinski definition) is 0. The number of halogens is 1. The second kappa shape index (κ2) is 8.63. The fourth-order valence-corrected chi connectivity index (χ4v) is 2.79. The summed E-state index contributed by atoms with van der Waals surface area (Å²) < 4.78 is 11.0. The first-order chi connectivity index (χ1) is 13.0. The maximum atomic E-state index is 11.8. The molecule has 0 saturated carbocycles. The van der Waals surface area contributed by atoms with Gasteiger partial charge in [0.15, 0.2) is 0 Å². The molecule has 0 unspecified atom stereocenters. The fourth-order valence-electron chi connectivity index (χ4n) is 2.63. The van der Waals surface area contributed by atoms with Crippen molar-refractivity contribution in [3.63, 3.8) is 0 Å². The van der Waals surface area contributed by atoms with E-state index in [2.05, 4.69) is 20.0 Å². The molecule has 0 N–H and O–H groups in total. The first-order valence-electron chi connectivity index (χ1n) is 8.89. The average molecular weight is 406 g/mol. The standard InChI is InChI=1S/C19H24ClN5O3/c1-18(2,3)28-16(26)7-6-8-27-17-13-10-22-15(20)9-12(13)14(11-23-17)19(4,5)24-25-21/h9-11H,6-8H2,1-5H3. The van der Waals surface area contributed by atoms with E-state index in [0.29, 0.717) is 35.0 Å². The van der Waals surface area contributed by atoms with Crippen LogP contribution >= 0.6 is 11.6 Å². The van der Waals surface area contributed by atoms with Crippen molar-refractivity contribution in [1.29, 1.82) is 0 Å². The second-order valence-electron chi connectivity index (χ2n) is 7.82. The lowest BCUT2D eigenvalue weighted by Gasteiger charge is -2.21. The van der Waals surface area contributed by atoms with Crippen molar-refractivity contribution in [3.8, 4) is 5.88 Å². The van der Waals surface area contributed by atoms with Gasteiger partial charge in [0.2, 0.25) is 5.88 Å². The quantitative estimate of drug-likeness (QED) is 0.154. The van der Waals surface area contributed by atoms with E-state index >= 15 is 0 Å². The summed E-state index contributed by atoms with van der Waals surface area (Å²) in [4.78, 5) is 23.1. The van der Waals surface area contributed by atoms with Gasteiger partial charge >= 0.3 is 5.97 Å². The van der Waals surface area contributed by atoms with E-state index in [1.807, 2.05) is 20.8 Å². The molecule has 0 atom stereocenters. The van der Waals surface area contributed by atoms with E-state index in [1.165, 1.54) is 0 Å². The van der Waals surface area contributed by atoms with Gasteiger partial charge in [-0.2, -0.15) is 0 Å². The number of pyridine rings is 2. The summed E-state index contributed by atoms with van der Waals surface area (Å²) in [6.07, 6.45) is 3.92. The lowest BCUT2D eigenvalue weighted by atomic mass is 9.93. The van der Waals surface area contributed by atoms with Gasteiger partial charge in [0.25, 0.3) is 0 Å². The number of rotatable bonds is 7. The Bertz CT molecular complexity index is 918. The number of fused-ring (bicyclic) bond motifs is 1. The number of nitrogens with zero attached hydrogens (tertiary/aromatic N) is 5. The molecule has 0 aliphatic carbocycles. The van der Waals surface area contributed by atoms with Crippen molar-refractivity contribution in [2.45, 2.75) is 58.6 Å². The number of esters is 1. The highest BCUT2D eigenvalue weighted by atomic mass is 35.5. The molecule has 2 aromatic rings. The molecule has 0 aliphatic heterocycles. The van der Waals surface area contributed by atoms with Crippen LogP contribution in [0.2, 0.25) is 5.15 Å². The van der Waals surface area contributed by atoms with Gasteiger partial charge < -0.3 is 9.47 Å². The molecular weight excluding hydrogens is 382 g/mol. The van der Waals surface area contributed by atoms with Gasteiger partial charge in [-0.3, -0.25) is 4.79 Å². The number of carbonyl (C=O) groups is 1. The molecule has 2 aromatic heterocycles. The van der Waals surface area contributed by atoms with Crippen molar-refractivity contribution in [2.75, 3.05) is 6.61 Å². The summed E-state index contributed by atoms with van der Waals surface area (Å²) in [7, 11) is 0. The zero-order valence-corrected chi connectivity index (χ0v) is 17.4. The van der Waals surface area contributed by atoms with Crippen LogP contribution in [-0.4, -0.2) is 28.1 Å². The molecule has 0 fully saturated rings. The first-order valence-corrected chi connectivity index (χ1v) is 9.27. The van der Waals surface area contributed by atoms with Crippen LogP contribution in [-0.2, 0) is 15.1 Å². The average Bonchev–Trinajstić information content (AvgIpc) is 2.56. The normalized spacial score (nSPS) is 11.8. The third kappa shape index (κ3) is 5.71. The predicted molar refractivity (Wildman–Crippen MR) is 107 cm³/mol. The van der Waals surface area contributed by atoms with Crippen LogP contribution in [0.5, 0.6) is 5.88 Å². The van der Waals surface area contributed by atoms with Crippen molar-refractivity contribution in [1.82, 2.24) is 9.97 Å². The van der Waals surface area contributed by atoms with Gasteiger partial charge in [-0.05, 0) is 49.7 Å². The Morgan fingerprint density at radius 2 is 1.93 bits per heavy atom. The summed E-state index contributed by atoms with van der Waals surface area (Å²) in [6, 6.07) is 1.69. The van der Waals surface area contributed by atoms with Crippen molar-refractivity contribution < 1.29 is 14.3 Å². The number of ether oxygens (including phenoxy) is 2. The Morgan fingerprint density at radius 3 is 2.57 bits per heavy atom. The smallest absolute Gasteiger partial charge is 0.306 e. The summed E-state index contributed by atoms with van der Waals surface area (Å²) in [5.41, 5.74) is 8.23. The van der Waals surface area contributed by atoms with E-state index < -0.39 is 11.1 Å². The Morgan fingerprint density at radius 1 is 1.21 bits per heavy atom. The van der Waals surface area contributed by atoms with E-state index in [1.54, 1.807) is 32.3 Å². The topological polar surface area (TPSA) is 110 Å². The molecule has 0 spiro atoms. The third-order valence-electron chi connectivity index (χ3n) is 3.84. The molecule has 9 heteroatoms. The highest BCUT2D eigenvalue weighted by Crippen LogP contribution is 2.35. The van der Waals surface area contributed by atoms with E-state index in [9.17, 15) is 4.79 Å². The highest BCUT2D eigenvalue weighted by molar-refractivity contribution is 6.30. The Labute approximate surface area is 168 Å². The maximum absolute atomic E-state index is 11.8. The molecule has 150 valence electrons.